The number of fused-ring (bicyclic) bond motifs is 1. The lowest BCUT2D eigenvalue weighted by atomic mass is 10.1. The number of carbonyl (C=O) groups is 2. The molecule has 0 saturated carbocycles. The molecule has 0 spiro atoms. The minimum Gasteiger partial charge on any atom is -0.465 e. The molecule has 2 N–H and O–H groups in total. The van der Waals surface area contributed by atoms with Crippen molar-refractivity contribution in [1.29, 1.82) is 0 Å². The normalized spacial score (nSPS) is 10.5. The van der Waals surface area contributed by atoms with Crippen molar-refractivity contribution in [2.45, 2.75) is 0 Å². The van der Waals surface area contributed by atoms with E-state index in [1.807, 2.05) is 22.6 Å². The fourth-order valence-electron chi connectivity index (χ4n) is 1.73. The number of hydrogen-bond acceptors (Lipinski definition) is 6. The predicted molar refractivity (Wildman–Crippen MR) is 75.0 cm³/mol. The van der Waals surface area contributed by atoms with E-state index in [4.69, 9.17) is 5.73 Å². The van der Waals surface area contributed by atoms with Crippen molar-refractivity contribution in [2.24, 2.45) is 0 Å². The third-order valence-electron chi connectivity index (χ3n) is 2.57. The van der Waals surface area contributed by atoms with E-state index in [2.05, 4.69) is 14.6 Å². The van der Waals surface area contributed by atoms with Crippen LogP contribution in [0.15, 0.2) is 12.3 Å². The van der Waals surface area contributed by atoms with Crippen LogP contribution < -0.4 is 5.73 Å². The quantitative estimate of drug-likeness (QED) is 0.480. The van der Waals surface area contributed by atoms with Crippen LogP contribution in [0.1, 0.15) is 20.7 Å². The number of esters is 2. The van der Waals surface area contributed by atoms with Crippen molar-refractivity contribution in [3.8, 4) is 0 Å². The fraction of sp³-hybridized carbons (Fsp3) is 0.182. The molecular weight excluding hydrogens is 365 g/mol. The second-order valence-corrected chi connectivity index (χ2v) is 4.70. The summed E-state index contributed by atoms with van der Waals surface area (Å²) >= 11 is 2.00. The molecule has 0 amide bonds. The lowest BCUT2D eigenvalue weighted by Crippen LogP contribution is -2.12. The second kappa shape index (κ2) is 5.03. The Morgan fingerprint density at radius 3 is 2.53 bits per heavy atom. The maximum atomic E-state index is 11.8. The Kier molecular flexibility index (Phi) is 3.60. The average molecular weight is 375 g/mol. The number of nitrogens with zero attached hydrogens (tertiary/aromatic N) is 2. The molecule has 0 fully saturated rings. The molecule has 0 aliphatic rings. The van der Waals surface area contributed by atoms with Crippen LogP contribution in [0.5, 0.6) is 0 Å². The highest BCUT2D eigenvalue weighted by molar-refractivity contribution is 14.1. The number of nitrogens with two attached hydrogens (primary N) is 1. The van der Waals surface area contributed by atoms with Gasteiger partial charge in [0.2, 0.25) is 0 Å². The molecule has 0 atom stereocenters. The molecule has 0 aliphatic heterocycles. The number of halogens is 1. The summed E-state index contributed by atoms with van der Waals surface area (Å²) in [5.74, 6) is -1.23. The zero-order valence-electron chi connectivity index (χ0n) is 10.1. The molecule has 2 heterocycles. The molecule has 19 heavy (non-hydrogen) atoms. The number of anilines is 1. The van der Waals surface area contributed by atoms with Crippen LogP contribution in [0, 0.1) is 3.70 Å². The number of rotatable bonds is 2. The van der Waals surface area contributed by atoms with Crippen LogP contribution >= 0.6 is 22.6 Å². The summed E-state index contributed by atoms with van der Waals surface area (Å²) in [7, 11) is 2.49. The van der Waals surface area contributed by atoms with Gasteiger partial charge in [-0.05, 0) is 28.7 Å². The van der Waals surface area contributed by atoms with Crippen molar-refractivity contribution in [3.05, 3.63) is 27.1 Å². The second-order valence-electron chi connectivity index (χ2n) is 3.60. The van der Waals surface area contributed by atoms with E-state index in [9.17, 15) is 9.59 Å². The standard InChI is InChI=1S/C11H10IN3O4/c1-18-10(16)5-4-14-15-7(12)3-6(13)8(9(5)15)11(17)19-2/h3-4H,13H2,1-2H3. The lowest BCUT2D eigenvalue weighted by molar-refractivity contribution is 0.0601. The zero-order chi connectivity index (χ0) is 14.2. The highest BCUT2D eigenvalue weighted by Crippen LogP contribution is 2.26. The number of nitrogen functional groups attached to an aromatic ring is 1. The number of methoxy groups -OCH3 is 2. The van der Waals surface area contributed by atoms with Gasteiger partial charge in [0.05, 0.1) is 31.6 Å². The Bertz CT molecular complexity index is 680. The molecule has 0 aliphatic carbocycles. The van der Waals surface area contributed by atoms with E-state index in [1.54, 1.807) is 6.07 Å². The number of aromatic nitrogens is 2. The summed E-state index contributed by atoms with van der Waals surface area (Å²) in [6, 6.07) is 1.58. The predicted octanol–water partition coefficient (Wildman–Crippen LogP) is 1.09. The Balaban J connectivity index is 2.89. The summed E-state index contributed by atoms with van der Waals surface area (Å²) < 4.78 is 11.5. The van der Waals surface area contributed by atoms with Gasteiger partial charge in [-0.2, -0.15) is 5.10 Å². The lowest BCUT2D eigenvalue weighted by Gasteiger charge is -2.09. The monoisotopic (exact) mass is 375 g/mol. The van der Waals surface area contributed by atoms with Crippen LogP contribution in [-0.4, -0.2) is 35.8 Å². The van der Waals surface area contributed by atoms with Crippen molar-refractivity contribution >= 4 is 45.7 Å². The fourth-order valence-corrected chi connectivity index (χ4v) is 2.43. The first-order chi connectivity index (χ1) is 9.01. The van der Waals surface area contributed by atoms with E-state index in [0.29, 0.717) is 3.70 Å². The van der Waals surface area contributed by atoms with E-state index in [0.717, 1.165) is 0 Å². The number of hydrogen-bond donors (Lipinski definition) is 1. The average Bonchev–Trinajstić information content (AvgIpc) is 2.82. The summed E-state index contributed by atoms with van der Waals surface area (Å²) in [6.45, 7) is 0. The van der Waals surface area contributed by atoms with E-state index < -0.39 is 11.9 Å². The van der Waals surface area contributed by atoms with Crippen molar-refractivity contribution in [3.63, 3.8) is 0 Å². The van der Waals surface area contributed by atoms with Crippen molar-refractivity contribution in [1.82, 2.24) is 9.61 Å². The maximum Gasteiger partial charge on any atom is 0.342 e. The molecule has 0 bridgehead atoms. The maximum absolute atomic E-state index is 11.8. The first-order valence-electron chi connectivity index (χ1n) is 5.13. The van der Waals surface area contributed by atoms with Gasteiger partial charge >= 0.3 is 11.9 Å². The summed E-state index contributed by atoms with van der Waals surface area (Å²) in [5, 5.41) is 4.05. The van der Waals surface area contributed by atoms with Crippen LogP contribution in [-0.2, 0) is 9.47 Å². The number of carbonyl (C=O) groups excluding carboxylic acids is 2. The van der Waals surface area contributed by atoms with E-state index in [-0.39, 0.29) is 22.3 Å². The summed E-state index contributed by atoms with van der Waals surface area (Å²) in [4.78, 5) is 23.5. The molecule has 0 radical (unpaired) electrons. The van der Waals surface area contributed by atoms with Gasteiger partial charge in [-0.1, -0.05) is 0 Å². The van der Waals surface area contributed by atoms with E-state index in [1.165, 1.54) is 24.9 Å². The van der Waals surface area contributed by atoms with Gasteiger partial charge in [0.1, 0.15) is 14.8 Å². The van der Waals surface area contributed by atoms with Gasteiger partial charge in [0.25, 0.3) is 0 Å². The summed E-state index contributed by atoms with van der Waals surface area (Å²) in [6.07, 6.45) is 1.33. The van der Waals surface area contributed by atoms with Gasteiger partial charge < -0.3 is 15.2 Å². The van der Waals surface area contributed by atoms with Gasteiger partial charge in [-0.15, -0.1) is 0 Å². The Morgan fingerprint density at radius 2 is 1.95 bits per heavy atom. The van der Waals surface area contributed by atoms with E-state index >= 15 is 0 Å². The van der Waals surface area contributed by atoms with Crippen LogP contribution in [0.2, 0.25) is 0 Å². The summed E-state index contributed by atoms with van der Waals surface area (Å²) in [5.41, 5.74) is 6.59. The Hall–Kier alpha value is -1.84. The molecular formula is C11H10IN3O4. The number of ether oxygens (including phenoxy) is 2. The van der Waals surface area contributed by atoms with Gasteiger partial charge in [0, 0.05) is 0 Å². The minimum atomic E-state index is -0.635. The first-order valence-corrected chi connectivity index (χ1v) is 6.21. The molecule has 7 nitrogen and oxygen atoms in total. The topological polar surface area (TPSA) is 95.9 Å². The van der Waals surface area contributed by atoms with Crippen molar-refractivity contribution < 1.29 is 19.1 Å². The molecule has 2 aromatic rings. The van der Waals surface area contributed by atoms with Gasteiger partial charge in [-0.25, -0.2) is 14.1 Å². The molecule has 8 heteroatoms. The first kappa shape index (κ1) is 13.6. The molecule has 0 saturated heterocycles. The van der Waals surface area contributed by atoms with Crippen LogP contribution in [0.4, 0.5) is 5.69 Å². The number of pyridine rings is 1. The molecule has 100 valence electrons. The highest BCUT2D eigenvalue weighted by Gasteiger charge is 2.24. The third kappa shape index (κ3) is 2.11. The molecule has 0 aromatic carbocycles. The van der Waals surface area contributed by atoms with Crippen LogP contribution in [0.25, 0.3) is 5.52 Å². The van der Waals surface area contributed by atoms with Crippen LogP contribution in [0.3, 0.4) is 0 Å². The molecule has 0 unspecified atom stereocenters. The molecule has 2 aromatic heterocycles. The Labute approximate surface area is 121 Å². The smallest absolute Gasteiger partial charge is 0.342 e. The third-order valence-corrected chi connectivity index (χ3v) is 3.33. The minimum absolute atomic E-state index is 0.0980. The van der Waals surface area contributed by atoms with Gasteiger partial charge in [0.15, 0.2) is 0 Å². The van der Waals surface area contributed by atoms with Crippen molar-refractivity contribution in [2.75, 3.05) is 20.0 Å². The SMILES string of the molecule is COC(=O)c1cnn2c(I)cc(N)c(C(=O)OC)c12. The van der Waals surface area contributed by atoms with Gasteiger partial charge in [-0.3, -0.25) is 0 Å². The zero-order valence-corrected chi connectivity index (χ0v) is 12.3. The highest BCUT2D eigenvalue weighted by atomic mass is 127. The largest absolute Gasteiger partial charge is 0.465 e. The Morgan fingerprint density at radius 1 is 1.32 bits per heavy atom. The molecule has 2 rings (SSSR count).